The second-order valence-corrected chi connectivity index (χ2v) is 10.7. The van der Waals surface area contributed by atoms with Crippen molar-refractivity contribution in [3.05, 3.63) is 95.8 Å². The molecule has 1 aliphatic rings. The summed E-state index contributed by atoms with van der Waals surface area (Å²) >= 11 is 0. The number of halogens is 1. The van der Waals surface area contributed by atoms with E-state index >= 15 is 0 Å². The van der Waals surface area contributed by atoms with Crippen molar-refractivity contribution in [2.45, 2.75) is 50.2 Å². The first-order valence-electron chi connectivity index (χ1n) is 14.9. The third-order valence-electron chi connectivity index (χ3n) is 7.20. The first kappa shape index (κ1) is 35.2. The van der Waals surface area contributed by atoms with Crippen LogP contribution in [-0.4, -0.2) is 72.3 Å². The summed E-state index contributed by atoms with van der Waals surface area (Å²) in [5.74, 6) is -4.55. The van der Waals surface area contributed by atoms with Gasteiger partial charge in [0.2, 0.25) is 24.1 Å². The van der Waals surface area contributed by atoms with E-state index in [4.69, 9.17) is 0 Å². The van der Waals surface area contributed by atoms with Gasteiger partial charge < -0.3 is 31.7 Å². The van der Waals surface area contributed by atoms with Crippen molar-refractivity contribution in [1.29, 1.82) is 0 Å². The van der Waals surface area contributed by atoms with Crippen LogP contribution in [0.5, 0.6) is 0 Å². The summed E-state index contributed by atoms with van der Waals surface area (Å²) in [4.78, 5) is 74.7. The monoisotopic (exact) mass is 635 g/mol. The number of allylic oxidation sites excluding steroid dienone is 4. The maximum absolute atomic E-state index is 13.7. The highest BCUT2D eigenvalue weighted by molar-refractivity contribution is 5.98. The van der Waals surface area contributed by atoms with Crippen molar-refractivity contribution in [2.24, 2.45) is 5.92 Å². The first-order chi connectivity index (χ1) is 22.2. The number of carbonyl (C=O) groups excluding carboxylic acids is 5. The topological polar surface area (TPSA) is 183 Å². The summed E-state index contributed by atoms with van der Waals surface area (Å²) in [7, 11) is 0. The fourth-order valence-corrected chi connectivity index (χ4v) is 4.74. The SMILES string of the molecule is O=CNCCNC(=O)CC[C@@H](NC(=O)C(CC1C=CC=CC1)NC(=O)C(Cc1ccccc1)NC(=O)c1ccc(F)cc1)C(=O)O. The molecule has 0 radical (unpaired) electrons. The number of hydrogen-bond acceptors (Lipinski definition) is 6. The van der Waals surface area contributed by atoms with Crippen molar-refractivity contribution in [3.63, 3.8) is 0 Å². The van der Waals surface area contributed by atoms with Gasteiger partial charge in [0.05, 0.1) is 0 Å². The number of carbonyl (C=O) groups is 6. The molecule has 12 nitrogen and oxygen atoms in total. The fourth-order valence-electron chi connectivity index (χ4n) is 4.74. The summed E-state index contributed by atoms with van der Waals surface area (Å²) < 4.78 is 13.4. The summed E-state index contributed by atoms with van der Waals surface area (Å²) in [5, 5.41) is 22.5. The molecule has 0 heterocycles. The Morgan fingerprint density at radius 3 is 2.22 bits per heavy atom. The van der Waals surface area contributed by atoms with E-state index < -0.39 is 53.5 Å². The first-order valence-corrected chi connectivity index (χ1v) is 14.9. The summed E-state index contributed by atoms with van der Waals surface area (Å²) in [6, 6.07) is 10.00. The molecule has 0 fully saturated rings. The largest absolute Gasteiger partial charge is 0.480 e. The number of carboxylic acids is 1. The molecule has 6 N–H and O–H groups in total. The van der Waals surface area contributed by atoms with Gasteiger partial charge in [-0.3, -0.25) is 24.0 Å². The smallest absolute Gasteiger partial charge is 0.326 e. The van der Waals surface area contributed by atoms with Gasteiger partial charge in [0, 0.05) is 31.5 Å². The number of nitrogens with one attached hydrogen (secondary N) is 5. The minimum absolute atomic E-state index is 0.0786. The Balaban J connectivity index is 1.76. The average Bonchev–Trinajstić information content (AvgIpc) is 3.05. The molecule has 2 aromatic rings. The van der Waals surface area contributed by atoms with Crippen LogP contribution >= 0.6 is 0 Å². The molecule has 0 spiro atoms. The van der Waals surface area contributed by atoms with Crippen molar-refractivity contribution < 1.29 is 38.3 Å². The molecule has 2 aromatic carbocycles. The van der Waals surface area contributed by atoms with E-state index in [9.17, 15) is 38.3 Å². The quantitative estimate of drug-likeness (QED) is 0.106. The molecule has 0 aromatic heterocycles. The Hall–Kier alpha value is -5.33. The van der Waals surface area contributed by atoms with Gasteiger partial charge in [-0.15, -0.1) is 0 Å². The fraction of sp³-hybridized carbons (Fsp3) is 0.333. The van der Waals surface area contributed by atoms with Crippen molar-refractivity contribution in [3.8, 4) is 0 Å². The van der Waals surface area contributed by atoms with Crippen molar-refractivity contribution in [2.75, 3.05) is 13.1 Å². The third-order valence-corrected chi connectivity index (χ3v) is 7.20. The zero-order chi connectivity index (χ0) is 33.3. The normalized spacial score (nSPS) is 15.5. The van der Waals surface area contributed by atoms with Crippen LogP contribution in [0.4, 0.5) is 4.39 Å². The molecule has 3 unspecified atom stereocenters. The van der Waals surface area contributed by atoms with Gasteiger partial charge in [0.1, 0.15) is 23.9 Å². The molecular weight excluding hydrogens is 597 g/mol. The van der Waals surface area contributed by atoms with Gasteiger partial charge in [-0.1, -0.05) is 54.6 Å². The lowest BCUT2D eigenvalue weighted by atomic mass is 9.92. The Labute approximate surface area is 265 Å². The summed E-state index contributed by atoms with van der Waals surface area (Å²) in [6.07, 6.45) is 8.32. The molecule has 0 saturated heterocycles. The van der Waals surface area contributed by atoms with Gasteiger partial charge in [0.25, 0.3) is 5.91 Å². The Kier molecular flexibility index (Phi) is 14.1. The molecule has 3 rings (SSSR count). The minimum atomic E-state index is -1.43. The highest BCUT2D eigenvalue weighted by Gasteiger charge is 2.31. The molecule has 46 heavy (non-hydrogen) atoms. The maximum atomic E-state index is 13.7. The van der Waals surface area contributed by atoms with Crippen LogP contribution in [0, 0.1) is 11.7 Å². The van der Waals surface area contributed by atoms with Gasteiger partial charge in [-0.05, 0) is 55.0 Å². The lowest BCUT2D eigenvalue weighted by Crippen LogP contribution is -2.56. The van der Waals surface area contributed by atoms with E-state index in [1.165, 1.54) is 12.1 Å². The second kappa shape index (κ2) is 18.5. The van der Waals surface area contributed by atoms with Crippen LogP contribution in [0.1, 0.15) is 41.6 Å². The van der Waals surface area contributed by atoms with Crippen LogP contribution in [0.2, 0.25) is 0 Å². The molecule has 0 saturated carbocycles. The maximum Gasteiger partial charge on any atom is 0.326 e. The second-order valence-electron chi connectivity index (χ2n) is 10.7. The molecule has 5 amide bonds. The predicted molar refractivity (Wildman–Crippen MR) is 167 cm³/mol. The van der Waals surface area contributed by atoms with E-state index in [0.717, 1.165) is 17.7 Å². The zero-order valence-electron chi connectivity index (χ0n) is 25.1. The van der Waals surface area contributed by atoms with Gasteiger partial charge >= 0.3 is 5.97 Å². The number of carboxylic acid groups (broad SMARTS) is 1. The van der Waals surface area contributed by atoms with Crippen LogP contribution in [0.15, 0.2) is 78.9 Å². The van der Waals surface area contributed by atoms with E-state index in [-0.39, 0.29) is 50.3 Å². The lowest BCUT2D eigenvalue weighted by Gasteiger charge is -2.27. The summed E-state index contributed by atoms with van der Waals surface area (Å²) in [6.45, 7) is 0.358. The Morgan fingerprint density at radius 2 is 1.57 bits per heavy atom. The van der Waals surface area contributed by atoms with Crippen LogP contribution in [-0.2, 0) is 30.4 Å². The predicted octanol–water partition coefficient (Wildman–Crippen LogP) is 1.39. The third kappa shape index (κ3) is 12.0. The highest BCUT2D eigenvalue weighted by Crippen LogP contribution is 2.18. The van der Waals surface area contributed by atoms with E-state index in [2.05, 4.69) is 26.6 Å². The van der Waals surface area contributed by atoms with Gasteiger partial charge in [-0.2, -0.15) is 0 Å². The van der Waals surface area contributed by atoms with Crippen molar-refractivity contribution in [1.82, 2.24) is 26.6 Å². The molecule has 244 valence electrons. The number of aliphatic carboxylic acids is 1. The molecule has 4 atom stereocenters. The molecule has 0 bridgehead atoms. The van der Waals surface area contributed by atoms with Gasteiger partial charge in [0.15, 0.2) is 0 Å². The number of benzene rings is 2. The van der Waals surface area contributed by atoms with Gasteiger partial charge in [-0.25, -0.2) is 9.18 Å². The molecule has 0 aliphatic heterocycles. The molecule has 1 aliphatic carbocycles. The average molecular weight is 636 g/mol. The lowest BCUT2D eigenvalue weighted by molar-refractivity contribution is -0.142. The number of rotatable bonds is 18. The van der Waals surface area contributed by atoms with E-state index in [1.807, 2.05) is 24.3 Å². The van der Waals surface area contributed by atoms with E-state index in [0.29, 0.717) is 12.8 Å². The summed E-state index contributed by atoms with van der Waals surface area (Å²) in [5.41, 5.74) is 0.864. The van der Waals surface area contributed by atoms with Crippen LogP contribution in [0.25, 0.3) is 0 Å². The van der Waals surface area contributed by atoms with E-state index in [1.54, 1.807) is 30.3 Å². The van der Waals surface area contributed by atoms with Crippen molar-refractivity contribution >= 4 is 36.0 Å². The number of hydrogen-bond donors (Lipinski definition) is 6. The Morgan fingerprint density at radius 1 is 0.870 bits per heavy atom. The minimum Gasteiger partial charge on any atom is -0.480 e. The van der Waals surface area contributed by atoms with Crippen LogP contribution in [0.3, 0.4) is 0 Å². The Bertz CT molecular complexity index is 1420. The number of amides is 5. The molecular formula is C33H38FN5O7. The molecule has 13 heteroatoms. The highest BCUT2D eigenvalue weighted by atomic mass is 19.1. The zero-order valence-corrected chi connectivity index (χ0v) is 25.1. The standard InChI is InChI=1S/C33H38FN5O7/c34-25-13-11-24(12-14-25)30(42)38-27(19-22-7-3-1-4-8-22)32(44)39-28(20-23-9-5-2-6-10-23)31(43)37-26(33(45)46)15-16-29(41)36-18-17-35-21-40/h1-9,11-14,21,23,26-28H,10,15-20H2,(H,35,40)(H,36,41)(H,37,43)(H,38,42)(H,39,44)(H,45,46)/t23?,26-,27?,28?/m1/s1. The van der Waals surface area contributed by atoms with Crippen LogP contribution < -0.4 is 26.6 Å².